The normalized spacial score (nSPS) is 18.9. The third kappa shape index (κ3) is 3.06. The van der Waals surface area contributed by atoms with Gasteiger partial charge in [-0.1, -0.05) is 4.40 Å². The molecule has 1 aliphatic heterocycles. The molecule has 1 atom stereocenters. The second kappa shape index (κ2) is 5.09. The van der Waals surface area contributed by atoms with Crippen LogP contribution < -0.4 is 4.74 Å². The minimum Gasteiger partial charge on any atom is -0.591 e. The van der Waals surface area contributed by atoms with Crippen molar-refractivity contribution in [1.82, 2.24) is 0 Å². The summed E-state index contributed by atoms with van der Waals surface area (Å²) in [5.74, 6) is -1.32. The first kappa shape index (κ1) is 14.3. The van der Waals surface area contributed by atoms with Gasteiger partial charge in [0, 0.05) is 18.6 Å². The highest BCUT2D eigenvalue weighted by Gasteiger charge is 2.30. The summed E-state index contributed by atoms with van der Waals surface area (Å²) in [5, 5.41) is 0. The van der Waals surface area contributed by atoms with Crippen LogP contribution in [0.5, 0.6) is 5.75 Å². The van der Waals surface area contributed by atoms with Gasteiger partial charge in [0.15, 0.2) is 0 Å². The number of halogens is 2. The molecule has 2 rings (SSSR count). The molecule has 3 nitrogen and oxygen atoms in total. The summed E-state index contributed by atoms with van der Waals surface area (Å²) in [7, 11) is 0. The molecule has 0 fully saturated rings. The van der Waals surface area contributed by atoms with E-state index in [1.165, 1.54) is 0 Å². The zero-order valence-electron chi connectivity index (χ0n) is 11.0. The van der Waals surface area contributed by atoms with Crippen LogP contribution in [-0.2, 0) is 11.4 Å². The number of nitrogens with zero attached hydrogens (tertiary/aromatic N) is 1. The monoisotopic (exact) mass is 287 g/mol. The van der Waals surface area contributed by atoms with E-state index < -0.39 is 27.7 Å². The lowest BCUT2D eigenvalue weighted by Crippen LogP contribution is -2.28. The minimum absolute atomic E-state index is 0.116. The Morgan fingerprint density at radius 2 is 2.00 bits per heavy atom. The Bertz CT molecular complexity index is 526. The predicted molar refractivity (Wildman–Crippen MR) is 70.9 cm³/mol. The molecule has 0 N–H and O–H groups in total. The molecule has 0 bridgehead atoms. The Kier molecular flexibility index (Phi) is 3.82. The smallest absolute Gasteiger partial charge is 0.144 e. The van der Waals surface area contributed by atoms with Crippen LogP contribution in [0.1, 0.15) is 32.8 Å². The highest BCUT2D eigenvalue weighted by atomic mass is 32.2. The van der Waals surface area contributed by atoms with Crippen LogP contribution in [0.2, 0.25) is 0 Å². The fourth-order valence-corrected chi connectivity index (χ4v) is 2.31. The van der Waals surface area contributed by atoms with E-state index in [2.05, 4.69) is 4.40 Å². The minimum atomic E-state index is -1.48. The standard InChI is InChI=1S/C13H15F2NO2S/c1-13(2,3)19(17)16-10-4-5-18-11-7-8(14)6-9(15)12(10)11/h6-7H,4-5H2,1-3H3. The van der Waals surface area contributed by atoms with Crippen LogP contribution in [0.15, 0.2) is 16.5 Å². The third-order valence-electron chi connectivity index (χ3n) is 2.62. The van der Waals surface area contributed by atoms with E-state index in [1.807, 2.05) is 0 Å². The highest BCUT2D eigenvalue weighted by molar-refractivity contribution is 7.91. The van der Waals surface area contributed by atoms with Crippen LogP contribution in [0.25, 0.3) is 0 Å². The van der Waals surface area contributed by atoms with Crippen LogP contribution >= 0.6 is 0 Å². The molecular formula is C13H15F2NO2S. The number of rotatable bonds is 1. The van der Waals surface area contributed by atoms with Crippen LogP contribution in [0.4, 0.5) is 8.78 Å². The highest BCUT2D eigenvalue weighted by Crippen LogP contribution is 2.30. The summed E-state index contributed by atoms with van der Waals surface area (Å²) in [4.78, 5) is 0. The van der Waals surface area contributed by atoms with Gasteiger partial charge in [0.05, 0.1) is 12.2 Å². The SMILES string of the molecule is CC(C)(C)[S+]([O-])N=C1CCOc2cc(F)cc(F)c21. The quantitative estimate of drug-likeness (QED) is 0.745. The molecule has 1 heterocycles. The number of hydrogen-bond acceptors (Lipinski definition) is 3. The van der Waals surface area contributed by atoms with Crippen LogP contribution in [0.3, 0.4) is 0 Å². The van der Waals surface area contributed by atoms with Crippen molar-refractivity contribution in [2.75, 3.05) is 6.61 Å². The predicted octanol–water partition coefficient (Wildman–Crippen LogP) is 3.00. The Labute approximate surface area is 114 Å². The zero-order chi connectivity index (χ0) is 14.2. The van der Waals surface area contributed by atoms with Gasteiger partial charge in [-0.15, -0.1) is 0 Å². The first-order valence-electron chi connectivity index (χ1n) is 5.91. The van der Waals surface area contributed by atoms with Gasteiger partial charge < -0.3 is 9.29 Å². The van der Waals surface area contributed by atoms with Gasteiger partial charge in [-0.05, 0) is 20.8 Å². The molecule has 19 heavy (non-hydrogen) atoms. The molecule has 0 amide bonds. The second-order valence-electron chi connectivity index (χ2n) is 5.26. The van der Waals surface area contributed by atoms with E-state index in [4.69, 9.17) is 4.74 Å². The lowest BCUT2D eigenvalue weighted by atomic mass is 10.0. The van der Waals surface area contributed by atoms with E-state index in [0.29, 0.717) is 12.1 Å². The average Bonchev–Trinajstić information content (AvgIpc) is 2.26. The summed E-state index contributed by atoms with van der Waals surface area (Å²) in [6.45, 7) is 5.63. The number of ether oxygens (including phenoxy) is 1. The molecule has 1 aromatic rings. The third-order valence-corrected chi connectivity index (χ3v) is 4.05. The maximum Gasteiger partial charge on any atom is 0.144 e. The molecule has 0 saturated carbocycles. The topological polar surface area (TPSA) is 44.7 Å². The van der Waals surface area contributed by atoms with E-state index in [1.54, 1.807) is 20.8 Å². The molecule has 0 radical (unpaired) electrons. The van der Waals surface area contributed by atoms with Gasteiger partial charge in [-0.3, -0.25) is 0 Å². The molecule has 104 valence electrons. The van der Waals surface area contributed by atoms with Crippen molar-refractivity contribution in [3.05, 3.63) is 29.3 Å². The van der Waals surface area contributed by atoms with Gasteiger partial charge >= 0.3 is 0 Å². The van der Waals surface area contributed by atoms with Gasteiger partial charge in [0.25, 0.3) is 0 Å². The molecule has 0 aliphatic carbocycles. The second-order valence-corrected chi connectivity index (χ2v) is 7.16. The van der Waals surface area contributed by atoms with Crippen LogP contribution in [0, 0.1) is 11.6 Å². The average molecular weight is 287 g/mol. The molecular weight excluding hydrogens is 272 g/mol. The maximum atomic E-state index is 13.8. The fourth-order valence-electron chi connectivity index (χ4n) is 1.65. The molecule has 1 unspecified atom stereocenters. The van der Waals surface area contributed by atoms with E-state index in [9.17, 15) is 13.3 Å². The van der Waals surface area contributed by atoms with Crippen molar-refractivity contribution >= 4 is 17.1 Å². The summed E-state index contributed by atoms with van der Waals surface area (Å²) < 4.78 is 47.7. The lowest BCUT2D eigenvalue weighted by molar-refractivity contribution is 0.315. The van der Waals surface area contributed by atoms with Gasteiger partial charge in [-0.2, -0.15) is 0 Å². The first-order valence-corrected chi connectivity index (χ1v) is 7.01. The Balaban J connectivity index is 2.46. The van der Waals surface area contributed by atoms with Gasteiger partial charge in [-0.25, -0.2) is 8.78 Å². The lowest BCUT2D eigenvalue weighted by Gasteiger charge is -2.22. The van der Waals surface area contributed by atoms with E-state index >= 15 is 0 Å². The van der Waals surface area contributed by atoms with Crippen LogP contribution in [-0.4, -0.2) is 21.6 Å². The maximum absolute atomic E-state index is 13.8. The largest absolute Gasteiger partial charge is 0.591 e. The Morgan fingerprint density at radius 1 is 1.32 bits per heavy atom. The van der Waals surface area contributed by atoms with E-state index in [-0.39, 0.29) is 17.9 Å². The van der Waals surface area contributed by atoms with E-state index in [0.717, 1.165) is 12.1 Å². The Hall–Kier alpha value is -1.14. The van der Waals surface area contributed by atoms with Gasteiger partial charge in [0.2, 0.25) is 0 Å². The molecule has 6 heteroatoms. The summed E-state index contributed by atoms with van der Waals surface area (Å²) in [6.07, 6.45) is 0.359. The van der Waals surface area contributed by atoms with Crippen molar-refractivity contribution in [2.24, 2.45) is 4.40 Å². The van der Waals surface area contributed by atoms with Crippen molar-refractivity contribution < 1.29 is 18.1 Å². The van der Waals surface area contributed by atoms with Gasteiger partial charge in [0.1, 0.15) is 39.2 Å². The molecule has 1 aromatic carbocycles. The van der Waals surface area contributed by atoms with Crippen molar-refractivity contribution in [3.63, 3.8) is 0 Å². The number of hydrogen-bond donors (Lipinski definition) is 0. The number of fused-ring (bicyclic) bond motifs is 1. The molecule has 1 aliphatic rings. The summed E-state index contributed by atoms with van der Waals surface area (Å²) in [6, 6.07) is 1.90. The molecule has 0 saturated heterocycles. The first-order chi connectivity index (χ1) is 8.79. The van der Waals surface area contributed by atoms with Crippen molar-refractivity contribution in [3.8, 4) is 5.75 Å². The van der Waals surface area contributed by atoms with Crippen molar-refractivity contribution in [1.29, 1.82) is 0 Å². The Morgan fingerprint density at radius 3 is 2.63 bits per heavy atom. The molecule has 0 aromatic heterocycles. The fraction of sp³-hybridized carbons (Fsp3) is 0.462. The summed E-state index contributed by atoms with van der Waals surface area (Å²) >= 11 is -1.48. The number of benzene rings is 1. The molecule has 0 spiro atoms. The zero-order valence-corrected chi connectivity index (χ0v) is 11.8. The summed E-state index contributed by atoms with van der Waals surface area (Å²) in [5.41, 5.74) is 0.484. The van der Waals surface area contributed by atoms with Crippen molar-refractivity contribution in [2.45, 2.75) is 31.9 Å².